The summed E-state index contributed by atoms with van der Waals surface area (Å²) in [6.07, 6.45) is 0.778. The Balaban J connectivity index is 2.50. The molecule has 0 saturated carbocycles. The lowest BCUT2D eigenvalue weighted by atomic mass is 10.1. The van der Waals surface area contributed by atoms with Gasteiger partial charge in [0.2, 0.25) is 11.8 Å². The average molecular weight is 220 g/mol. The first kappa shape index (κ1) is 12.2. The molecule has 0 aliphatic carbocycles. The average Bonchev–Trinajstić information content (AvgIpc) is 2.27. The third-order valence-electron chi connectivity index (χ3n) is 2.29. The maximum absolute atomic E-state index is 11.6. The zero-order chi connectivity index (χ0) is 12.0. The molecule has 0 spiro atoms. The molecule has 1 aromatic rings. The molecular formula is C12H16N2O2. The fourth-order valence-electron chi connectivity index (χ4n) is 1.40. The SMILES string of the molecule is CC[C@H](NC(=O)Cc1ccccc1)C(N)=O. The minimum Gasteiger partial charge on any atom is -0.368 e. The monoisotopic (exact) mass is 220 g/mol. The summed E-state index contributed by atoms with van der Waals surface area (Å²) in [6, 6.07) is 8.79. The van der Waals surface area contributed by atoms with Crippen molar-refractivity contribution >= 4 is 11.8 Å². The molecule has 1 aromatic carbocycles. The number of hydrogen-bond donors (Lipinski definition) is 2. The Bertz CT molecular complexity index is 363. The zero-order valence-electron chi connectivity index (χ0n) is 9.27. The quantitative estimate of drug-likeness (QED) is 0.763. The summed E-state index contributed by atoms with van der Waals surface area (Å²) in [4.78, 5) is 22.5. The number of nitrogens with two attached hydrogens (primary N) is 1. The second-order valence-electron chi connectivity index (χ2n) is 3.59. The smallest absolute Gasteiger partial charge is 0.239 e. The molecule has 0 bridgehead atoms. The van der Waals surface area contributed by atoms with E-state index in [0.29, 0.717) is 6.42 Å². The fraction of sp³-hybridized carbons (Fsp3) is 0.333. The van der Waals surface area contributed by atoms with Gasteiger partial charge >= 0.3 is 0 Å². The van der Waals surface area contributed by atoms with Crippen molar-refractivity contribution in [2.75, 3.05) is 0 Å². The highest BCUT2D eigenvalue weighted by Crippen LogP contribution is 2.00. The number of hydrogen-bond acceptors (Lipinski definition) is 2. The standard InChI is InChI=1S/C12H16N2O2/c1-2-10(12(13)16)14-11(15)8-9-6-4-3-5-7-9/h3-7,10H,2,8H2,1H3,(H2,13,16)(H,14,15)/t10-/m0/s1. The second kappa shape index (κ2) is 5.90. The van der Waals surface area contributed by atoms with Crippen LogP contribution in [-0.2, 0) is 16.0 Å². The minimum absolute atomic E-state index is 0.183. The molecular weight excluding hydrogens is 204 g/mol. The van der Waals surface area contributed by atoms with Gasteiger partial charge in [0.1, 0.15) is 6.04 Å². The van der Waals surface area contributed by atoms with E-state index >= 15 is 0 Å². The predicted octanol–water partition coefficient (Wildman–Crippen LogP) is 0.609. The number of amides is 2. The number of benzene rings is 1. The third kappa shape index (κ3) is 3.73. The summed E-state index contributed by atoms with van der Waals surface area (Å²) in [5.74, 6) is -0.680. The van der Waals surface area contributed by atoms with Gasteiger partial charge in [-0.2, -0.15) is 0 Å². The minimum atomic E-state index is -0.573. The van der Waals surface area contributed by atoms with Crippen molar-refractivity contribution in [1.82, 2.24) is 5.32 Å². The molecule has 0 heterocycles. The lowest BCUT2D eigenvalue weighted by molar-refractivity contribution is -0.127. The van der Waals surface area contributed by atoms with E-state index in [0.717, 1.165) is 5.56 Å². The van der Waals surface area contributed by atoms with Gasteiger partial charge in [-0.25, -0.2) is 0 Å². The van der Waals surface area contributed by atoms with E-state index in [1.165, 1.54) is 0 Å². The molecule has 0 unspecified atom stereocenters. The van der Waals surface area contributed by atoms with Gasteiger partial charge in [0.25, 0.3) is 0 Å². The fourth-order valence-corrected chi connectivity index (χ4v) is 1.40. The van der Waals surface area contributed by atoms with Gasteiger partial charge in [-0.15, -0.1) is 0 Å². The van der Waals surface area contributed by atoms with Crippen LogP contribution >= 0.6 is 0 Å². The molecule has 0 aliphatic rings. The van der Waals surface area contributed by atoms with Gasteiger partial charge in [0.05, 0.1) is 6.42 Å². The number of primary amides is 1. The summed E-state index contributed by atoms with van der Waals surface area (Å²) in [5, 5.41) is 2.60. The normalized spacial score (nSPS) is 11.8. The van der Waals surface area contributed by atoms with Crippen LogP contribution in [-0.4, -0.2) is 17.9 Å². The van der Waals surface area contributed by atoms with Crippen LogP contribution < -0.4 is 11.1 Å². The zero-order valence-corrected chi connectivity index (χ0v) is 9.27. The topological polar surface area (TPSA) is 72.2 Å². The first-order chi connectivity index (χ1) is 7.63. The maximum atomic E-state index is 11.6. The first-order valence-corrected chi connectivity index (χ1v) is 5.26. The van der Waals surface area contributed by atoms with Crippen molar-refractivity contribution in [1.29, 1.82) is 0 Å². The molecule has 4 heteroatoms. The Morgan fingerprint density at radius 1 is 1.31 bits per heavy atom. The molecule has 0 fully saturated rings. The van der Waals surface area contributed by atoms with Crippen molar-refractivity contribution in [2.45, 2.75) is 25.8 Å². The van der Waals surface area contributed by atoms with Crippen LogP contribution in [0, 0.1) is 0 Å². The summed E-state index contributed by atoms with van der Waals surface area (Å²) in [5.41, 5.74) is 6.05. The van der Waals surface area contributed by atoms with Crippen LogP contribution in [0.3, 0.4) is 0 Å². The van der Waals surface area contributed by atoms with E-state index in [4.69, 9.17) is 5.73 Å². The van der Waals surface area contributed by atoms with Crippen LogP contribution in [0.5, 0.6) is 0 Å². The number of carbonyl (C=O) groups is 2. The molecule has 1 atom stereocenters. The van der Waals surface area contributed by atoms with Crippen LogP contribution in [0.2, 0.25) is 0 Å². The number of nitrogens with one attached hydrogen (secondary N) is 1. The Hall–Kier alpha value is -1.84. The first-order valence-electron chi connectivity index (χ1n) is 5.26. The lowest BCUT2D eigenvalue weighted by Gasteiger charge is -2.12. The molecule has 1 rings (SSSR count). The van der Waals surface area contributed by atoms with Gasteiger partial charge in [-0.05, 0) is 12.0 Å². The summed E-state index contributed by atoms with van der Waals surface area (Å²) in [7, 11) is 0. The summed E-state index contributed by atoms with van der Waals surface area (Å²) >= 11 is 0. The molecule has 2 amide bonds. The van der Waals surface area contributed by atoms with Crippen molar-refractivity contribution in [3.05, 3.63) is 35.9 Å². The van der Waals surface area contributed by atoms with Gasteiger partial charge in [0, 0.05) is 0 Å². The van der Waals surface area contributed by atoms with E-state index in [1.807, 2.05) is 30.3 Å². The van der Waals surface area contributed by atoms with Crippen LogP contribution in [0.4, 0.5) is 0 Å². The number of carbonyl (C=O) groups excluding carboxylic acids is 2. The van der Waals surface area contributed by atoms with Crippen LogP contribution in [0.25, 0.3) is 0 Å². The van der Waals surface area contributed by atoms with E-state index in [9.17, 15) is 9.59 Å². The van der Waals surface area contributed by atoms with Crippen molar-refractivity contribution in [2.24, 2.45) is 5.73 Å². The highest BCUT2D eigenvalue weighted by atomic mass is 16.2. The van der Waals surface area contributed by atoms with Gasteiger partial charge in [0.15, 0.2) is 0 Å². The van der Waals surface area contributed by atoms with Crippen LogP contribution in [0.15, 0.2) is 30.3 Å². The van der Waals surface area contributed by atoms with Crippen molar-refractivity contribution < 1.29 is 9.59 Å². The van der Waals surface area contributed by atoms with Gasteiger partial charge < -0.3 is 11.1 Å². The predicted molar refractivity (Wildman–Crippen MR) is 61.6 cm³/mol. The Labute approximate surface area is 94.8 Å². The molecule has 16 heavy (non-hydrogen) atoms. The second-order valence-corrected chi connectivity index (χ2v) is 3.59. The number of rotatable bonds is 5. The Morgan fingerprint density at radius 2 is 1.94 bits per heavy atom. The van der Waals surface area contributed by atoms with Crippen molar-refractivity contribution in [3.63, 3.8) is 0 Å². The molecule has 3 N–H and O–H groups in total. The van der Waals surface area contributed by atoms with Gasteiger partial charge in [-0.3, -0.25) is 9.59 Å². The van der Waals surface area contributed by atoms with Crippen LogP contribution in [0.1, 0.15) is 18.9 Å². The van der Waals surface area contributed by atoms with E-state index < -0.39 is 11.9 Å². The molecule has 0 radical (unpaired) electrons. The lowest BCUT2D eigenvalue weighted by Crippen LogP contribution is -2.44. The van der Waals surface area contributed by atoms with Gasteiger partial charge in [-0.1, -0.05) is 37.3 Å². The largest absolute Gasteiger partial charge is 0.368 e. The molecule has 4 nitrogen and oxygen atoms in total. The summed E-state index contributed by atoms with van der Waals surface area (Å²) in [6.45, 7) is 1.80. The highest BCUT2D eigenvalue weighted by Gasteiger charge is 2.15. The van der Waals surface area contributed by atoms with E-state index in [1.54, 1.807) is 6.92 Å². The molecule has 0 aliphatic heterocycles. The van der Waals surface area contributed by atoms with E-state index in [2.05, 4.69) is 5.32 Å². The molecule has 86 valence electrons. The Morgan fingerprint density at radius 3 is 2.44 bits per heavy atom. The molecule has 0 saturated heterocycles. The maximum Gasteiger partial charge on any atom is 0.239 e. The van der Waals surface area contributed by atoms with Crippen molar-refractivity contribution in [3.8, 4) is 0 Å². The Kier molecular flexibility index (Phi) is 4.51. The van der Waals surface area contributed by atoms with E-state index in [-0.39, 0.29) is 12.3 Å². The summed E-state index contributed by atoms with van der Waals surface area (Å²) < 4.78 is 0. The molecule has 0 aromatic heterocycles. The highest BCUT2D eigenvalue weighted by molar-refractivity contribution is 5.87. The third-order valence-corrected chi connectivity index (χ3v) is 2.29.